The fraction of sp³-hybridized carbons (Fsp3) is 0.172. The number of carbonyl (C=O) groups is 3. The number of rotatable bonds is 11. The van der Waals surface area contributed by atoms with Crippen LogP contribution in [-0.2, 0) is 16.2 Å². The van der Waals surface area contributed by atoms with Gasteiger partial charge in [0.05, 0.1) is 11.5 Å². The minimum absolute atomic E-state index is 0.162. The zero-order valence-electron chi connectivity index (χ0n) is 22.0. The molecule has 12 heteroatoms. The van der Waals surface area contributed by atoms with Gasteiger partial charge in [0.25, 0.3) is 11.8 Å². The van der Waals surface area contributed by atoms with Crippen molar-refractivity contribution in [1.82, 2.24) is 10.4 Å². The zero-order valence-corrected chi connectivity index (χ0v) is 24.3. The predicted molar refractivity (Wildman–Crippen MR) is 160 cm³/mol. The van der Waals surface area contributed by atoms with Gasteiger partial charge in [0.1, 0.15) is 12.4 Å². The SMILES string of the molecule is CCOc1cc(/C=C2/SC(=S)N(NC(=O)c3ccc(OCc4ccccc4Cl)cc3)C2=O)ccc1OC(C)C(=O)O. The molecule has 1 heterocycles. The Morgan fingerprint density at radius 2 is 1.83 bits per heavy atom. The lowest BCUT2D eigenvalue weighted by Gasteiger charge is -2.16. The number of carbonyl (C=O) groups excluding carboxylic acids is 2. The molecule has 1 atom stereocenters. The van der Waals surface area contributed by atoms with E-state index < -0.39 is 23.9 Å². The number of hydrogen-bond acceptors (Lipinski definition) is 8. The van der Waals surface area contributed by atoms with Gasteiger partial charge < -0.3 is 19.3 Å². The second-order valence-electron chi connectivity index (χ2n) is 8.60. The molecule has 0 bridgehead atoms. The fourth-order valence-corrected chi connectivity index (χ4v) is 4.95. The summed E-state index contributed by atoms with van der Waals surface area (Å²) in [6.07, 6.45) is 0.529. The number of nitrogens with one attached hydrogen (secondary N) is 1. The molecule has 0 aromatic heterocycles. The molecule has 1 aliphatic rings. The number of amides is 2. The van der Waals surface area contributed by atoms with Crippen LogP contribution >= 0.6 is 35.6 Å². The summed E-state index contributed by atoms with van der Waals surface area (Å²) in [5.74, 6) is -0.981. The van der Waals surface area contributed by atoms with Gasteiger partial charge in [0.15, 0.2) is 21.9 Å². The van der Waals surface area contributed by atoms with E-state index in [0.29, 0.717) is 34.3 Å². The van der Waals surface area contributed by atoms with Gasteiger partial charge in [-0.05, 0) is 80.2 Å². The van der Waals surface area contributed by atoms with Crippen LogP contribution in [0.2, 0.25) is 5.02 Å². The van der Waals surface area contributed by atoms with Crippen molar-refractivity contribution in [3.8, 4) is 17.2 Å². The lowest BCUT2D eigenvalue weighted by atomic mass is 10.2. The van der Waals surface area contributed by atoms with E-state index in [-0.39, 0.29) is 21.6 Å². The number of halogens is 1. The average Bonchev–Trinajstić information content (AvgIpc) is 3.21. The van der Waals surface area contributed by atoms with E-state index in [1.807, 2.05) is 18.2 Å². The first kappa shape index (κ1) is 29.9. The van der Waals surface area contributed by atoms with Crippen molar-refractivity contribution >= 4 is 63.8 Å². The highest BCUT2D eigenvalue weighted by atomic mass is 35.5. The largest absolute Gasteiger partial charge is 0.490 e. The summed E-state index contributed by atoms with van der Waals surface area (Å²) in [6, 6.07) is 18.7. The number of nitrogens with zero attached hydrogens (tertiary/aromatic N) is 1. The monoisotopic (exact) mass is 612 g/mol. The topological polar surface area (TPSA) is 114 Å². The van der Waals surface area contributed by atoms with Crippen LogP contribution in [0.1, 0.15) is 35.3 Å². The Bertz CT molecular complexity index is 1510. The number of thiocarbonyl (C=S) groups is 1. The Balaban J connectivity index is 1.41. The van der Waals surface area contributed by atoms with Gasteiger partial charge >= 0.3 is 5.97 Å². The number of hydrazine groups is 1. The summed E-state index contributed by atoms with van der Waals surface area (Å²) in [7, 11) is 0. The second-order valence-corrected chi connectivity index (χ2v) is 10.7. The molecule has 0 saturated carbocycles. The van der Waals surface area contributed by atoms with Crippen LogP contribution in [0.25, 0.3) is 6.08 Å². The summed E-state index contributed by atoms with van der Waals surface area (Å²) < 4.78 is 17.0. The number of hydrogen-bond donors (Lipinski definition) is 2. The Kier molecular flexibility index (Phi) is 9.87. The minimum atomic E-state index is -1.11. The Labute approximate surface area is 251 Å². The quantitative estimate of drug-likeness (QED) is 0.207. The van der Waals surface area contributed by atoms with Crippen molar-refractivity contribution in [2.24, 2.45) is 0 Å². The van der Waals surface area contributed by atoms with Gasteiger partial charge in [0, 0.05) is 16.1 Å². The van der Waals surface area contributed by atoms with Crippen molar-refractivity contribution in [3.05, 3.63) is 93.3 Å². The number of aliphatic carboxylic acids is 1. The molecule has 3 aromatic carbocycles. The first-order valence-corrected chi connectivity index (χ1v) is 14.0. The third-order valence-electron chi connectivity index (χ3n) is 5.69. The molecule has 1 saturated heterocycles. The van der Waals surface area contributed by atoms with Crippen LogP contribution in [0.15, 0.2) is 71.6 Å². The summed E-state index contributed by atoms with van der Waals surface area (Å²) in [4.78, 5) is 37.4. The number of ether oxygens (including phenoxy) is 3. The summed E-state index contributed by atoms with van der Waals surface area (Å²) in [6.45, 7) is 3.80. The van der Waals surface area contributed by atoms with Crippen LogP contribution in [0.5, 0.6) is 17.2 Å². The molecular formula is C29H25ClN2O7S2. The van der Waals surface area contributed by atoms with Crippen molar-refractivity contribution in [3.63, 3.8) is 0 Å². The van der Waals surface area contributed by atoms with Gasteiger partial charge in [-0.3, -0.25) is 15.0 Å². The Hall–Kier alpha value is -4.06. The third-order valence-corrected chi connectivity index (χ3v) is 7.36. The Morgan fingerprint density at radius 3 is 2.51 bits per heavy atom. The summed E-state index contributed by atoms with van der Waals surface area (Å²) in [5.41, 5.74) is 4.30. The molecule has 41 heavy (non-hydrogen) atoms. The van der Waals surface area contributed by atoms with E-state index in [1.54, 1.807) is 61.5 Å². The third kappa shape index (κ3) is 7.57. The molecule has 212 valence electrons. The molecule has 4 rings (SSSR count). The van der Waals surface area contributed by atoms with Crippen LogP contribution in [-0.4, -0.2) is 44.9 Å². The van der Waals surface area contributed by atoms with Gasteiger partial charge in [-0.25, -0.2) is 4.79 Å². The molecule has 1 aliphatic heterocycles. The van der Waals surface area contributed by atoms with E-state index >= 15 is 0 Å². The van der Waals surface area contributed by atoms with Crippen molar-refractivity contribution in [2.75, 3.05) is 6.61 Å². The normalized spacial score (nSPS) is 14.6. The maximum absolute atomic E-state index is 13.1. The molecular weight excluding hydrogens is 588 g/mol. The van der Waals surface area contributed by atoms with Crippen LogP contribution in [0.4, 0.5) is 0 Å². The lowest BCUT2D eigenvalue weighted by Crippen LogP contribution is -2.44. The highest BCUT2D eigenvalue weighted by Gasteiger charge is 2.34. The maximum atomic E-state index is 13.1. The van der Waals surface area contributed by atoms with Crippen molar-refractivity contribution in [1.29, 1.82) is 0 Å². The first-order chi connectivity index (χ1) is 19.7. The second kappa shape index (κ2) is 13.5. The summed E-state index contributed by atoms with van der Waals surface area (Å²) >= 11 is 12.5. The molecule has 1 unspecified atom stereocenters. The molecule has 3 aromatic rings. The first-order valence-electron chi connectivity index (χ1n) is 12.4. The van der Waals surface area contributed by atoms with Gasteiger partial charge in [-0.2, -0.15) is 5.01 Å². The highest BCUT2D eigenvalue weighted by molar-refractivity contribution is 8.26. The van der Waals surface area contributed by atoms with Crippen molar-refractivity contribution < 1.29 is 33.7 Å². The predicted octanol–water partition coefficient (Wildman–Crippen LogP) is 5.72. The van der Waals surface area contributed by atoms with E-state index in [2.05, 4.69) is 5.43 Å². The maximum Gasteiger partial charge on any atom is 0.344 e. The zero-order chi connectivity index (χ0) is 29.5. The molecule has 0 spiro atoms. The number of benzene rings is 3. The number of carboxylic acids is 1. The average molecular weight is 613 g/mol. The van der Waals surface area contributed by atoms with E-state index in [0.717, 1.165) is 22.3 Å². The van der Waals surface area contributed by atoms with E-state index in [4.69, 9.17) is 43.1 Å². The molecule has 9 nitrogen and oxygen atoms in total. The minimum Gasteiger partial charge on any atom is -0.490 e. The lowest BCUT2D eigenvalue weighted by molar-refractivity contribution is -0.144. The van der Waals surface area contributed by atoms with Crippen molar-refractivity contribution in [2.45, 2.75) is 26.6 Å². The van der Waals surface area contributed by atoms with E-state index in [1.165, 1.54) is 6.92 Å². The molecule has 1 fully saturated rings. The molecule has 2 amide bonds. The molecule has 0 radical (unpaired) electrons. The highest BCUT2D eigenvalue weighted by Crippen LogP contribution is 2.34. The fourth-order valence-electron chi connectivity index (χ4n) is 3.58. The smallest absolute Gasteiger partial charge is 0.344 e. The molecule has 0 aliphatic carbocycles. The number of thioether (sulfide) groups is 1. The van der Waals surface area contributed by atoms with Gasteiger partial charge in [0.2, 0.25) is 0 Å². The van der Waals surface area contributed by atoms with Gasteiger partial charge in [-0.1, -0.05) is 47.6 Å². The van der Waals surface area contributed by atoms with Crippen LogP contribution in [0, 0.1) is 0 Å². The number of carboxylic acid groups (broad SMARTS) is 1. The Morgan fingerprint density at radius 1 is 1.10 bits per heavy atom. The standard InChI is InChI=1S/C29H25ClN2O7S2/c1-3-37-24-14-18(8-13-23(24)39-17(2)28(35)36)15-25-27(34)32(29(40)41-25)31-26(33)19-9-11-21(12-10-19)38-16-20-6-4-5-7-22(20)30/h4-15,17H,3,16H2,1-2H3,(H,31,33)(H,35,36)/b25-15+. The summed E-state index contributed by atoms with van der Waals surface area (Å²) in [5, 5.41) is 10.8. The van der Waals surface area contributed by atoms with Crippen LogP contribution < -0.4 is 19.6 Å². The van der Waals surface area contributed by atoms with Crippen LogP contribution in [0.3, 0.4) is 0 Å². The van der Waals surface area contributed by atoms with E-state index in [9.17, 15) is 14.4 Å². The molecule has 2 N–H and O–H groups in total. The van der Waals surface area contributed by atoms with Gasteiger partial charge in [-0.15, -0.1) is 0 Å².